The van der Waals surface area contributed by atoms with E-state index in [4.69, 9.17) is 0 Å². The lowest BCUT2D eigenvalue weighted by atomic mass is 10.1. The molecule has 0 fully saturated rings. The van der Waals surface area contributed by atoms with Crippen LogP contribution in [0.5, 0.6) is 0 Å². The molecule has 0 bridgehead atoms. The summed E-state index contributed by atoms with van der Waals surface area (Å²) in [5, 5.41) is 22.8. The maximum atomic E-state index is 9.46. The fourth-order valence-corrected chi connectivity index (χ4v) is 0.677. The quantitative estimate of drug-likeness (QED) is 0.640. The summed E-state index contributed by atoms with van der Waals surface area (Å²) >= 11 is 0. The van der Waals surface area contributed by atoms with Crippen LogP contribution in [0, 0.1) is 0 Å². The third-order valence-corrected chi connectivity index (χ3v) is 1.82. The Labute approximate surface area is 68.4 Å². The molecule has 0 aliphatic heterocycles. The minimum absolute atomic E-state index is 0.517. The van der Waals surface area contributed by atoms with Gasteiger partial charge in [0.2, 0.25) is 0 Å². The lowest BCUT2D eigenvalue weighted by Gasteiger charge is -2.30. The summed E-state index contributed by atoms with van der Waals surface area (Å²) in [7, 11) is 0. The van der Waals surface area contributed by atoms with Gasteiger partial charge in [0.1, 0.15) is 11.4 Å². The van der Waals surface area contributed by atoms with Crippen LogP contribution in [-0.2, 0) is 0 Å². The van der Waals surface area contributed by atoms with Crippen molar-refractivity contribution in [3.8, 4) is 0 Å². The Morgan fingerprint density at radius 1 is 1.00 bits per heavy atom. The second-order valence-corrected chi connectivity index (χ2v) is 3.25. The van der Waals surface area contributed by atoms with E-state index in [0.717, 1.165) is 0 Å². The highest BCUT2D eigenvalue weighted by Gasteiger charge is 2.29. The van der Waals surface area contributed by atoms with Crippen molar-refractivity contribution in [3.63, 3.8) is 0 Å². The highest BCUT2D eigenvalue weighted by molar-refractivity contribution is 4.76. The zero-order chi connectivity index (χ0) is 9.12. The van der Waals surface area contributed by atoms with Crippen LogP contribution in [0.4, 0.5) is 0 Å². The molecule has 0 aliphatic carbocycles. The van der Waals surface area contributed by atoms with Crippen LogP contribution in [0.25, 0.3) is 0 Å². The number of aliphatic hydroxyl groups is 2. The summed E-state index contributed by atoms with van der Waals surface area (Å²) in [6, 6.07) is 0. The Hall–Kier alpha value is -0.120. The summed E-state index contributed by atoms with van der Waals surface area (Å²) in [5.41, 5.74) is -2.20. The second-order valence-electron chi connectivity index (χ2n) is 3.25. The van der Waals surface area contributed by atoms with Crippen molar-refractivity contribution in [1.29, 1.82) is 0 Å². The van der Waals surface area contributed by atoms with Gasteiger partial charge >= 0.3 is 0 Å². The van der Waals surface area contributed by atoms with Crippen molar-refractivity contribution in [2.45, 2.75) is 52.0 Å². The lowest BCUT2D eigenvalue weighted by Crippen LogP contribution is -2.48. The van der Waals surface area contributed by atoms with Crippen LogP contribution in [-0.4, -0.2) is 21.7 Å². The molecule has 1 radical (unpaired) electrons. The van der Waals surface area contributed by atoms with Crippen molar-refractivity contribution < 1.29 is 10.2 Å². The van der Waals surface area contributed by atoms with Crippen molar-refractivity contribution in [2.24, 2.45) is 0 Å². The Kier molecular flexibility index (Phi) is 3.48. The van der Waals surface area contributed by atoms with Crippen LogP contribution >= 0.6 is 0 Å². The summed E-state index contributed by atoms with van der Waals surface area (Å²) in [5.74, 6) is 0. The van der Waals surface area contributed by atoms with Gasteiger partial charge in [0, 0.05) is 0 Å². The van der Waals surface area contributed by atoms with Crippen molar-refractivity contribution >= 4 is 0 Å². The standard InChI is InChI=1S/C8H18NO2/c1-5-7(3,10)9-8(4,11)6-2/h10-11H,5-6H2,1-4H3. The third kappa shape index (κ3) is 4.35. The smallest absolute Gasteiger partial charge is 0.131 e. The predicted octanol–water partition coefficient (Wildman–Crippen LogP) is 0.828. The molecule has 0 heterocycles. The maximum Gasteiger partial charge on any atom is 0.131 e. The van der Waals surface area contributed by atoms with E-state index in [2.05, 4.69) is 5.32 Å². The average molecular weight is 160 g/mol. The molecule has 2 N–H and O–H groups in total. The van der Waals surface area contributed by atoms with Gasteiger partial charge in [-0.3, -0.25) is 0 Å². The van der Waals surface area contributed by atoms with Gasteiger partial charge in [-0.15, -0.1) is 0 Å². The molecule has 0 amide bonds. The molecule has 67 valence electrons. The van der Waals surface area contributed by atoms with Crippen molar-refractivity contribution in [3.05, 3.63) is 0 Å². The average Bonchev–Trinajstić information content (AvgIpc) is 1.86. The molecule has 3 nitrogen and oxygen atoms in total. The Bertz CT molecular complexity index is 107. The molecular weight excluding hydrogens is 142 g/mol. The molecule has 2 unspecified atom stereocenters. The van der Waals surface area contributed by atoms with Gasteiger partial charge in [0.15, 0.2) is 0 Å². The fraction of sp³-hybridized carbons (Fsp3) is 1.00. The molecule has 0 rings (SSSR count). The summed E-state index contributed by atoms with van der Waals surface area (Å²) in [4.78, 5) is 0. The molecule has 11 heavy (non-hydrogen) atoms. The molecular formula is C8H18NO2. The van der Waals surface area contributed by atoms with Crippen LogP contribution in [0.1, 0.15) is 40.5 Å². The van der Waals surface area contributed by atoms with Gasteiger partial charge in [0.25, 0.3) is 0 Å². The van der Waals surface area contributed by atoms with E-state index in [1.807, 2.05) is 13.8 Å². The molecule has 0 aliphatic rings. The first-order valence-corrected chi connectivity index (χ1v) is 4.02. The monoisotopic (exact) mass is 160 g/mol. The van der Waals surface area contributed by atoms with E-state index >= 15 is 0 Å². The Balaban J connectivity index is 4.02. The molecule has 0 spiro atoms. The number of nitrogens with zero attached hydrogens (tertiary/aromatic N) is 1. The fourth-order valence-electron chi connectivity index (χ4n) is 0.677. The van der Waals surface area contributed by atoms with E-state index in [0.29, 0.717) is 12.8 Å². The molecule has 2 atom stereocenters. The molecule has 0 saturated carbocycles. The van der Waals surface area contributed by atoms with E-state index in [1.54, 1.807) is 13.8 Å². The number of rotatable bonds is 4. The molecule has 3 heteroatoms. The van der Waals surface area contributed by atoms with Crippen LogP contribution in [0.15, 0.2) is 0 Å². The SMILES string of the molecule is CCC(C)(O)[N]C(C)(O)CC. The largest absolute Gasteiger partial charge is 0.375 e. The molecule has 0 saturated heterocycles. The second kappa shape index (κ2) is 3.52. The molecule has 0 aromatic heterocycles. The topological polar surface area (TPSA) is 54.6 Å². The van der Waals surface area contributed by atoms with Gasteiger partial charge in [-0.05, 0) is 26.7 Å². The predicted molar refractivity (Wildman–Crippen MR) is 44.0 cm³/mol. The zero-order valence-corrected chi connectivity index (χ0v) is 7.76. The van der Waals surface area contributed by atoms with Crippen molar-refractivity contribution in [1.82, 2.24) is 5.32 Å². The number of hydrogen-bond donors (Lipinski definition) is 2. The van der Waals surface area contributed by atoms with Gasteiger partial charge in [-0.2, -0.15) is 5.32 Å². The maximum absolute atomic E-state index is 9.46. The third-order valence-electron chi connectivity index (χ3n) is 1.82. The van der Waals surface area contributed by atoms with E-state index in [9.17, 15) is 10.2 Å². The van der Waals surface area contributed by atoms with Gasteiger partial charge in [-0.25, -0.2) is 0 Å². The summed E-state index contributed by atoms with van der Waals surface area (Å²) < 4.78 is 0. The van der Waals surface area contributed by atoms with Gasteiger partial charge in [0.05, 0.1) is 0 Å². The highest BCUT2D eigenvalue weighted by atomic mass is 16.3. The van der Waals surface area contributed by atoms with Gasteiger partial charge in [-0.1, -0.05) is 13.8 Å². The van der Waals surface area contributed by atoms with E-state index in [-0.39, 0.29) is 0 Å². The van der Waals surface area contributed by atoms with Crippen LogP contribution in [0.3, 0.4) is 0 Å². The Morgan fingerprint density at radius 3 is 1.45 bits per heavy atom. The highest BCUT2D eigenvalue weighted by Crippen LogP contribution is 2.15. The molecule has 0 aromatic carbocycles. The zero-order valence-electron chi connectivity index (χ0n) is 7.76. The first-order valence-electron chi connectivity index (χ1n) is 4.02. The van der Waals surface area contributed by atoms with E-state index in [1.165, 1.54) is 0 Å². The van der Waals surface area contributed by atoms with Gasteiger partial charge < -0.3 is 10.2 Å². The van der Waals surface area contributed by atoms with E-state index < -0.39 is 11.4 Å². The first-order chi connectivity index (χ1) is 4.83. The number of hydrogen-bond acceptors (Lipinski definition) is 2. The first kappa shape index (κ1) is 10.9. The normalized spacial score (nSPS) is 22.4. The van der Waals surface area contributed by atoms with Crippen LogP contribution < -0.4 is 5.32 Å². The molecule has 0 aromatic rings. The minimum atomic E-state index is -1.10. The Morgan fingerprint density at radius 2 is 1.27 bits per heavy atom. The summed E-state index contributed by atoms with van der Waals surface area (Å²) in [6.45, 7) is 6.85. The minimum Gasteiger partial charge on any atom is -0.375 e. The summed E-state index contributed by atoms with van der Waals surface area (Å²) in [6.07, 6.45) is 1.03. The lowest BCUT2D eigenvalue weighted by molar-refractivity contribution is -0.0919. The van der Waals surface area contributed by atoms with Crippen LogP contribution in [0.2, 0.25) is 0 Å². The van der Waals surface area contributed by atoms with Crippen molar-refractivity contribution in [2.75, 3.05) is 0 Å².